The summed E-state index contributed by atoms with van der Waals surface area (Å²) in [7, 11) is 1.68. The van der Waals surface area contributed by atoms with Gasteiger partial charge in [-0.15, -0.1) is 5.10 Å². The van der Waals surface area contributed by atoms with E-state index in [-0.39, 0.29) is 6.04 Å². The molecular formula is C25H30N6O. The molecule has 1 aromatic heterocycles. The van der Waals surface area contributed by atoms with E-state index >= 15 is 0 Å². The minimum absolute atomic E-state index is 0.272. The van der Waals surface area contributed by atoms with Crippen LogP contribution in [0, 0.1) is 5.92 Å². The van der Waals surface area contributed by atoms with Gasteiger partial charge >= 0.3 is 0 Å². The van der Waals surface area contributed by atoms with Crippen molar-refractivity contribution in [2.24, 2.45) is 5.92 Å². The Hall–Kier alpha value is -3.03. The highest BCUT2D eigenvalue weighted by Gasteiger charge is 2.40. The molecule has 1 unspecified atom stereocenters. The molecule has 1 aliphatic carbocycles. The molecule has 3 aromatic rings. The number of methoxy groups -OCH3 is 1. The van der Waals surface area contributed by atoms with Crippen LogP contribution in [0.5, 0.6) is 5.75 Å². The number of hydrogen-bond donors (Lipinski definition) is 0. The predicted octanol–water partition coefficient (Wildman–Crippen LogP) is 3.45. The second kappa shape index (κ2) is 9.63. The van der Waals surface area contributed by atoms with Crippen molar-refractivity contribution in [2.45, 2.75) is 18.9 Å². The molecule has 1 atom stereocenters. The Morgan fingerprint density at radius 3 is 2.44 bits per heavy atom. The number of benzene rings is 2. The van der Waals surface area contributed by atoms with Crippen LogP contribution in [0.2, 0.25) is 0 Å². The number of ether oxygens (including phenoxy) is 1. The maximum atomic E-state index is 5.29. The molecule has 1 saturated heterocycles. The molecule has 5 rings (SSSR count). The highest BCUT2D eigenvalue weighted by molar-refractivity contribution is 5.48. The summed E-state index contributed by atoms with van der Waals surface area (Å²) in [6.07, 6.45) is 6.98. The molecule has 1 aliphatic heterocycles. The Labute approximate surface area is 189 Å². The lowest BCUT2D eigenvalue weighted by Crippen LogP contribution is -2.48. The lowest BCUT2D eigenvalue weighted by molar-refractivity contribution is 0.0877. The van der Waals surface area contributed by atoms with Gasteiger partial charge in [0.2, 0.25) is 0 Å². The van der Waals surface area contributed by atoms with Gasteiger partial charge in [0.15, 0.2) is 5.82 Å². The highest BCUT2D eigenvalue weighted by atomic mass is 16.5. The monoisotopic (exact) mass is 430 g/mol. The SMILES string of the molecule is COc1ccc(-n2nnnc2C(C2CC2)N2CCN(C/C=C/c3ccccc3)CC2)cc1. The second-order valence-electron chi connectivity index (χ2n) is 8.58. The summed E-state index contributed by atoms with van der Waals surface area (Å²) in [5.41, 5.74) is 2.23. The molecule has 2 aromatic carbocycles. The molecule has 7 heteroatoms. The number of hydrogen-bond acceptors (Lipinski definition) is 6. The Morgan fingerprint density at radius 2 is 1.75 bits per heavy atom. The average Bonchev–Trinajstić information content (AvgIpc) is 3.57. The largest absolute Gasteiger partial charge is 0.497 e. The van der Waals surface area contributed by atoms with Crippen LogP contribution >= 0.6 is 0 Å². The van der Waals surface area contributed by atoms with Crippen LogP contribution in [0.15, 0.2) is 60.7 Å². The van der Waals surface area contributed by atoms with Crippen LogP contribution in [-0.2, 0) is 0 Å². The maximum Gasteiger partial charge on any atom is 0.174 e. The Morgan fingerprint density at radius 1 is 1.00 bits per heavy atom. The van der Waals surface area contributed by atoms with E-state index in [0.717, 1.165) is 50.0 Å². The molecule has 2 fully saturated rings. The zero-order valence-electron chi connectivity index (χ0n) is 18.5. The van der Waals surface area contributed by atoms with Gasteiger partial charge in [-0.3, -0.25) is 9.80 Å². The Kier molecular flexibility index (Phi) is 6.27. The quantitative estimate of drug-likeness (QED) is 0.546. The van der Waals surface area contributed by atoms with Gasteiger partial charge in [-0.25, -0.2) is 0 Å². The lowest BCUT2D eigenvalue weighted by Gasteiger charge is -2.38. The molecule has 0 spiro atoms. The standard InChI is InChI=1S/C25H30N6O/c1-32-23-13-11-22(12-14-23)31-25(26-27-28-31)24(21-9-10-21)30-18-16-29(17-19-30)15-5-8-20-6-3-2-4-7-20/h2-8,11-14,21,24H,9-10,15-19H2,1H3/b8-5+. The summed E-state index contributed by atoms with van der Waals surface area (Å²) in [4.78, 5) is 5.10. The van der Waals surface area contributed by atoms with E-state index in [1.165, 1.54) is 18.4 Å². The van der Waals surface area contributed by atoms with Gasteiger partial charge in [-0.05, 0) is 59.0 Å². The summed E-state index contributed by atoms with van der Waals surface area (Å²) >= 11 is 0. The van der Waals surface area contributed by atoms with E-state index < -0.39 is 0 Å². The summed E-state index contributed by atoms with van der Waals surface area (Å²) in [5, 5.41) is 12.8. The smallest absolute Gasteiger partial charge is 0.174 e. The van der Waals surface area contributed by atoms with Gasteiger partial charge in [0.25, 0.3) is 0 Å². The van der Waals surface area contributed by atoms with Gasteiger partial charge in [0.1, 0.15) is 5.75 Å². The minimum atomic E-state index is 0.272. The predicted molar refractivity (Wildman–Crippen MR) is 125 cm³/mol. The van der Waals surface area contributed by atoms with Crippen molar-refractivity contribution < 1.29 is 4.74 Å². The van der Waals surface area contributed by atoms with Crippen LogP contribution in [0.4, 0.5) is 0 Å². The molecule has 1 saturated carbocycles. The van der Waals surface area contributed by atoms with E-state index in [2.05, 4.69) is 67.8 Å². The van der Waals surface area contributed by atoms with Crippen molar-refractivity contribution in [2.75, 3.05) is 39.8 Å². The zero-order valence-corrected chi connectivity index (χ0v) is 18.5. The van der Waals surface area contributed by atoms with Crippen LogP contribution in [0.25, 0.3) is 11.8 Å². The molecule has 0 bridgehead atoms. The van der Waals surface area contributed by atoms with Crippen molar-refractivity contribution in [1.29, 1.82) is 0 Å². The molecule has 0 amide bonds. The van der Waals surface area contributed by atoms with Crippen LogP contribution < -0.4 is 4.74 Å². The van der Waals surface area contributed by atoms with Crippen LogP contribution in [0.3, 0.4) is 0 Å². The lowest BCUT2D eigenvalue weighted by atomic mass is 10.1. The summed E-state index contributed by atoms with van der Waals surface area (Å²) in [6.45, 7) is 5.19. The fourth-order valence-corrected chi connectivity index (χ4v) is 4.50. The van der Waals surface area contributed by atoms with Crippen molar-refractivity contribution in [3.8, 4) is 11.4 Å². The first-order valence-electron chi connectivity index (χ1n) is 11.4. The molecule has 166 valence electrons. The van der Waals surface area contributed by atoms with Gasteiger partial charge in [-0.1, -0.05) is 42.5 Å². The summed E-state index contributed by atoms with van der Waals surface area (Å²) < 4.78 is 7.19. The average molecular weight is 431 g/mol. The number of rotatable bonds is 8. The Balaban J connectivity index is 1.24. The zero-order chi connectivity index (χ0) is 21.8. The number of piperazine rings is 1. The molecular weight excluding hydrogens is 400 g/mol. The molecule has 2 aliphatic rings. The fraction of sp³-hybridized carbons (Fsp3) is 0.400. The third-order valence-corrected chi connectivity index (χ3v) is 6.42. The van der Waals surface area contributed by atoms with Crippen LogP contribution in [0.1, 0.15) is 30.3 Å². The van der Waals surface area contributed by atoms with Crippen LogP contribution in [-0.4, -0.2) is 69.8 Å². The van der Waals surface area contributed by atoms with Gasteiger partial charge in [0, 0.05) is 32.7 Å². The third-order valence-electron chi connectivity index (χ3n) is 6.42. The van der Waals surface area contributed by atoms with E-state index in [4.69, 9.17) is 4.74 Å². The number of aromatic nitrogens is 4. The van der Waals surface area contributed by atoms with E-state index in [1.807, 2.05) is 28.9 Å². The topological polar surface area (TPSA) is 59.3 Å². The maximum absolute atomic E-state index is 5.29. The Bertz CT molecular complexity index is 1020. The number of nitrogens with zero attached hydrogens (tertiary/aromatic N) is 6. The highest BCUT2D eigenvalue weighted by Crippen LogP contribution is 2.44. The van der Waals surface area contributed by atoms with E-state index in [0.29, 0.717) is 5.92 Å². The first kappa shape index (κ1) is 20.8. The second-order valence-corrected chi connectivity index (χ2v) is 8.58. The minimum Gasteiger partial charge on any atom is -0.497 e. The summed E-state index contributed by atoms with van der Waals surface area (Å²) in [5.74, 6) is 2.43. The van der Waals surface area contributed by atoms with Gasteiger partial charge in [0.05, 0.1) is 18.8 Å². The molecule has 32 heavy (non-hydrogen) atoms. The van der Waals surface area contributed by atoms with E-state index in [1.54, 1.807) is 7.11 Å². The third kappa shape index (κ3) is 4.74. The van der Waals surface area contributed by atoms with Crippen molar-refractivity contribution >= 4 is 6.08 Å². The molecule has 0 N–H and O–H groups in total. The fourth-order valence-electron chi connectivity index (χ4n) is 4.50. The first-order chi connectivity index (χ1) is 15.8. The molecule has 2 heterocycles. The molecule has 7 nitrogen and oxygen atoms in total. The van der Waals surface area contributed by atoms with Gasteiger partial charge in [-0.2, -0.15) is 4.68 Å². The van der Waals surface area contributed by atoms with Gasteiger partial charge < -0.3 is 4.74 Å². The van der Waals surface area contributed by atoms with Crippen molar-refractivity contribution in [3.63, 3.8) is 0 Å². The summed E-state index contributed by atoms with van der Waals surface area (Å²) in [6, 6.07) is 18.7. The van der Waals surface area contributed by atoms with E-state index in [9.17, 15) is 0 Å². The number of tetrazole rings is 1. The molecule has 0 radical (unpaired) electrons. The van der Waals surface area contributed by atoms with Crippen molar-refractivity contribution in [3.05, 3.63) is 72.1 Å². The first-order valence-corrected chi connectivity index (χ1v) is 11.4. The normalized spacial score (nSPS) is 18.8. The van der Waals surface area contributed by atoms with Crippen molar-refractivity contribution in [1.82, 2.24) is 30.0 Å².